The fraction of sp³-hybridized carbons (Fsp3) is 0.143. The lowest BCUT2D eigenvalue weighted by Crippen LogP contribution is -2.27. The van der Waals surface area contributed by atoms with E-state index in [2.05, 4.69) is 218 Å². The molecule has 3 aliphatic carbocycles. The van der Waals surface area contributed by atoms with Crippen molar-refractivity contribution in [3.8, 4) is 27.9 Å². The first-order valence-corrected chi connectivity index (χ1v) is 20.8. The molecule has 58 heavy (non-hydrogen) atoms. The Morgan fingerprint density at radius 3 is 2.12 bits per heavy atom. The van der Waals surface area contributed by atoms with Crippen LogP contribution in [0.5, 0.6) is 0 Å². The summed E-state index contributed by atoms with van der Waals surface area (Å²) in [5.74, 6) is 0.551. The fourth-order valence-corrected chi connectivity index (χ4v) is 10.2. The van der Waals surface area contributed by atoms with Crippen molar-refractivity contribution in [3.63, 3.8) is 0 Å². The van der Waals surface area contributed by atoms with Gasteiger partial charge in [-0.15, -0.1) is 0 Å². The Balaban J connectivity index is 1.09. The molecule has 3 aliphatic rings. The van der Waals surface area contributed by atoms with Gasteiger partial charge in [0.1, 0.15) is 0 Å². The van der Waals surface area contributed by atoms with E-state index < -0.39 is 0 Å². The number of allylic oxidation sites excluding steroid dienone is 4. The van der Waals surface area contributed by atoms with Gasteiger partial charge < -0.3 is 9.47 Å². The summed E-state index contributed by atoms with van der Waals surface area (Å²) in [6, 6.07) is 60.8. The zero-order valence-corrected chi connectivity index (χ0v) is 33.4. The topological polar surface area (TPSA) is 8.17 Å². The SMILES string of the molecule is CC1C=C2C(=CC1)C(C)(C)c1cc(N(c3ccc(-c4ccccc4)cc3)C3CC=Cc4c3n(-c3ccc(-c5cccc6ccccc56)cc3)c3ccccc43)ccc12. The molecule has 280 valence electrons. The smallest absolute Gasteiger partial charge is 0.0787 e. The second-order valence-corrected chi connectivity index (χ2v) is 16.9. The van der Waals surface area contributed by atoms with Gasteiger partial charge in [0.25, 0.3) is 0 Å². The van der Waals surface area contributed by atoms with E-state index in [9.17, 15) is 0 Å². The van der Waals surface area contributed by atoms with Gasteiger partial charge in [-0.2, -0.15) is 0 Å². The Hall–Kier alpha value is -6.64. The molecule has 2 heteroatoms. The van der Waals surface area contributed by atoms with Crippen LogP contribution in [0.1, 0.15) is 62.0 Å². The summed E-state index contributed by atoms with van der Waals surface area (Å²) >= 11 is 0. The Labute approximate surface area is 341 Å². The van der Waals surface area contributed by atoms with Gasteiger partial charge in [0.15, 0.2) is 0 Å². The van der Waals surface area contributed by atoms with E-state index in [1.807, 2.05) is 0 Å². The number of fused-ring (bicyclic) bond motifs is 7. The first-order valence-electron chi connectivity index (χ1n) is 20.8. The molecular formula is C56H46N2. The average molecular weight is 747 g/mol. The van der Waals surface area contributed by atoms with Crippen LogP contribution in [0.3, 0.4) is 0 Å². The highest BCUT2D eigenvalue weighted by atomic mass is 15.2. The zero-order valence-electron chi connectivity index (χ0n) is 33.4. The van der Waals surface area contributed by atoms with E-state index in [4.69, 9.17) is 0 Å². The number of anilines is 2. The molecule has 0 aliphatic heterocycles. The lowest BCUT2D eigenvalue weighted by atomic mass is 9.79. The maximum Gasteiger partial charge on any atom is 0.0787 e. The molecule has 2 unspecified atom stereocenters. The van der Waals surface area contributed by atoms with E-state index in [1.165, 1.54) is 94.5 Å². The van der Waals surface area contributed by atoms with Crippen LogP contribution in [-0.2, 0) is 5.41 Å². The van der Waals surface area contributed by atoms with E-state index in [1.54, 1.807) is 0 Å². The maximum absolute atomic E-state index is 2.63. The molecule has 0 N–H and O–H groups in total. The van der Waals surface area contributed by atoms with Gasteiger partial charge in [0.05, 0.1) is 17.3 Å². The van der Waals surface area contributed by atoms with Crippen molar-refractivity contribution in [2.75, 3.05) is 4.90 Å². The highest BCUT2D eigenvalue weighted by Gasteiger charge is 2.40. The van der Waals surface area contributed by atoms with Crippen LogP contribution in [0, 0.1) is 5.92 Å². The van der Waals surface area contributed by atoms with Crippen LogP contribution in [-0.4, -0.2) is 4.57 Å². The van der Waals surface area contributed by atoms with Crippen LogP contribution in [0.2, 0.25) is 0 Å². The summed E-state index contributed by atoms with van der Waals surface area (Å²) in [6.07, 6.45) is 11.7. The molecule has 0 radical (unpaired) electrons. The van der Waals surface area contributed by atoms with Crippen LogP contribution >= 0.6 is 0 Å². The maximum atomic E-state index is 2.63. The Kier molecular flexibility index (Phi) is 8.05. The van der Waals surface area contributed by atoms with Gasteiger partial charge in [-0.05, 0) is 117 Å². The molecule has 0 saturated carbocycles. The molecule has 0 spiro atoms. The van der Waals surface area contributed by atoms with Crippen LogP contribution < -0.4 is 4.90 Å². The molecule has 7 aromatic carbocycles. The number of nitrogens with zero attached hydrogens (tertiary/aromatic N) is 2. The zero-order chi connectivity index (χ0) is 39.0. The Morgan fingerprint density at radius 1 is 0.603 bits per heavy atom. The minimum atomic E-state index is -0.0709. The normalized spacial score (nSPS) is 17.7. The van der Waals surface area contributed by atoms with Crippen molar-refractivity contribution in [1.29, 1.82) is 0 Å². The molecule has 2 nitrogen and oxygen atoms in total. The summed E-state index contributed by atoms with van der Waals surface area (Å²) in [4.78, 5) is 2.63. The fourth-order valence-electron chi connectivity index (χ4n) is 10.2. The Morgan fingerprint density at radius 2 is 1.29 bits per heavy atom. The first kappa shape index (κ1) is 34.6. The molecule has 0 fully saturated rings. The molecule has 1 heterocycles. The average Bonchev–Trinajstić information content (AvgIpc) is 3.72. The number of rotatable bonds is 6. The number of hydrogen-bond acceptors (Lipinski definition) is 1. The number of benzene rings is 7. The van der Waals surface area contributed by atoms with Crippen molar-refractivity contribution in [2.24, 2.45) is 5.92 Å². The molecule has 0 amide bonds. The predicted octanol–water partition coefficient (Wildman–Crippen LogP) is 15.1. The Bertz CT molecular complexity index is 2970. The van der Waals surface area contributed by atoms with Crippen molar-refractivity contribution >= 4 is 44.7 Å². The van der Waals surface area contributed by atoms with Crippen molar-refractivity contribution < 1.29 is 0 Å². The summed E-state index contributed by atoms with van der Waals surface area (Å²) in [7, 11) is 0. The van der Waals surface area contributed by atoms with Gasteiger partial charge in [-0.1, -0.05) is 166 Å². The third kappa shape index (κ3) is 5.46. The van der Waals surface area contributed by atoms with Gasteiger partial charge >= 0.3 is 0 Å². The van der Waals surface area contributed by atoms with Gasteiger partial charge in [-0.3, -0.25) is 0 Å². The van der Waals surface area contributed by atoms with E-state index >= 15 is 0 Å². The summed E-state index contributed by atoms with van der Waals surface area (Å²) in [5, 5.41) is 3.82. The number of para-hydroxylation sites is 1. The van der Waals surface area contributed by atoms with E-state index in [0.29, 0.717) is 5.92 Å². The third-order valence-corrected chi connectivity index (χ3v) is 13.1. The number of aromatic nitrogens is 1. The highest BCUT2D eigenvalue weighted by molar-refractivity contribution is 5.98. The minimum Gasteiger partial charge on any atom is -0.332 e. The number of hydrogen-bond donors (Lipinski definition) is 0. The predicted molar refractivity (Wildman–Crippen MR) is 246 cm³/mol. The highest BCUT2D eigenvalue weighted by Crippen LogP contribution is 2.54. The quantitative estimate of drug-likeness (QED) is 0.164. The van der Waals surface area contributed by atoms with Gasteiger partial charge in [0.2, 0.25) is 0 Å². The van der Waals surface area contributed by atoms with E-state index in [0.717, 1.165) is 12.8 Å². The third-order valence-electron chi connectivity index (χ3n) is 13.1. The second kappa shape index (κ2) is 13.5. The largest absolute Gasteiger partial charge is 0.332 e. The van der Waals surface area contributed by atoms with Crippen LogP contribution in [0.25, 0.3) is 61.3 Å². The van der Waals surface area contributed by atoms with Crippen molar-refractivity contribution in [2.45, 2.75) is 45.1 Å². The molecule has 11 rings (SSSR count). The first-order chi connectivity index (χ1) is 28.4. The molecular weight excluding hydrogens is 701 g/mol. The molecule has 8 aromatic rings. The van der Waals surface area contributed by atoms with Crippen LogP contribution in [0.4, 0.5) is 11.4 Å². The monoisotopic (exact) mass is 746 g/mol. The molecule has 1 aromatic heterocycles. The second-order valence-electron chi connectivity index (χ2n) is 16.9. The van der Waals surface area contributed by atoms with Crippen molar-refractivity contribution in [1.82, 2.24) is 4.57 Å². The lowest BCUT2D eigenvalue weighted by Gasteiger charge is -2.37. The lowest BCUT2D eigenvalue weighted by molar-refractivity contribution is 0.637. The minimum absolute atomic E-state index is 0.0380. The molecule has 2 atom stereocenters. The van der Waals surface area contributed by atoms with Crippen LogP contribution in [0.15, 0.2) is 188 Å². The summed E-state index contributed by atoms with van der Waals surface area (Å²) in [6.45, 7) is 7.17. The van der Waals surface area contributed by atoms with Gasteiger partial charge in [0, 0.05) is 33.4 Å². The van der Waals surface area contributed by atoms with Crippen molar-refractivity contribution in [3.05, 3.63) is 210 Å². The van der Waals surface area contributed by atoms with Gasteiger partial charge in [-0.25, -0.2) is 0 Å². The summed E-state index contributed by atoms with van der Waals surface area (Å²) < 4.78 is 2.54. The summed E-state index contributed by atoms with van der Waals surface area (Å²) in [5.41, 5.74) is 18.0. The van der Waals surface area contributed by atoms with E-state index in [-0.39, 0.29) is 11.5 Å². The standard InChI is InChI=1S/C56H46N2/c1-37-23-34-51-50(35-37)47-33-32-44(36-52(47)56(51,2)3)57(42-28-24-39(25-29-42)38-13-5-4-6-14-38)54-22-12-20-49-48-18-9-10-21-53(48)58(55(49)54)43-30-26-41(27-31-43)46-19-11-16-40-15-7-8-17-45(40)46/h4-21,24-37,54H,22-23H2,1-3H3. The molecule has 0 saturated heterocycles. The molecule has 0 bridgehead atoms.